The molecule has 1 aromatic rings. The van der Waals surface area contributed by atoms with E-state index in [1.165, 1.54) is 24.1 Å². The molecule has 1 radical (unpaired) electrons. The van der Waals surface area contributed by atoms with Gasteiger partial charge in [0.15, 0.2) is 0 Å². The van der Waals surface area contributed by atoms with Crippen molar-refractivity contribution in [3.63, 3.8) is 0 Å². The van der Waals surface area contributed by atoms with Crippen LogP contribution in [0.5, 0.6) is 0 Å². The minimum Gasteiger partial charge on any atom is -0.429 e. The predicted molar refractivity (Wildman–Crippen MR) is 51.5 cm³/mol. The molecule has 0 unspecified atom stereocenters. The number of rotatable bonds is 0. The average Bonchev–Trinajstić information content (AvgIpc) is 2.52. The third-order valence-electron chi connectivity index (χ3n) is 1.89. The standard InChI is InChI=1S/C8H8ClN.BH2O2/c9-8-5-4-6-2-1-3-7(6)10-8;2-1-3/h4-5H,1-3H2;2-3H. The molecule has 0 fully saturated rings. The Morgan fingerprint density at radius 1 is 1.31 bits per heavy atom. The number of hydrogen-bond donors (Lipinski definition) is 2. The molecule has 0 atom stereocenters. The molecule has 0 saturated heterocycles. The summed E-state index contributed by atoms with van der Waals surface area (Å²) < 4.78 is 0. The molecule has 2 rings (SSSR count). The van der Waals surface area contributed by atoms with Crippen molar-refractivity contribution in [2.45, 2.75) is 19.3 Å². The lowest BCUT2D eigenvalue weighted by molar-refractivity contribution is 0.448. The van der Waals surface area contributed by atoms with Crippen LogP contribution >= 0.6 is 11.6 Å². The van der Waals surface area contributed by atoms with E-state index in [0.717, 1.165) is 6.42 Å². The van der Waals surface area contributed by atoms with E-state index in [9.17, 15) is 0 Å². The highest BCUT2D eigenvalue weighted by Gasteiger charge is 2.11. The maximum atomic E-state index is 7.00. The Morgan fingerprint density at radius 2 is 2.00 bits per heavy atom. The van der Waals surface area contributed by atoms with Crippen molar-refractivity contribution >= 4 is 19.3 Å². The van der Waals surface area contributed by atoms with Crippen LogP contribution in [-0.4, -0.2) is 22.7 Å². The smallest absolute Gasteiger partial charge is 0.429 e. The van der Waals surface area contributed by atoms with Crippen molar-refractivity contribution in [1.29, 1.82) is 0 Å². The van der Waals surface area contributed by atoms with Crippen molar-refractivity contribution in [3.8, 4) is 0 Å². The van der Waals surface area contributed by atoms with E-state index in [2.05, 4.69) is 11.1 Å². The number of aromatic nitrogens is 1. The third kappa shape index (κ3) is 2.99. The van der Waals surface area contributed by atoms with Crippen LogP contribution in [-0.2, 0) is 12.8 Å². The van der Waals surface area contributed by atoms with Crippen LogP contribution in [0.25, 0.3) is 0 Å². The number of nitrogens with zero attached hydrogens (tertiary/aromatic N) is 1. The SMILES string of the molecule is Clc1ccc2c(n1)CCC2.O[B]O. The maximum Gasteiger partial charge on any atom is 0.482 e. The van der Waals surface area contributed by atoms with E-state index >= 15 is 0 Å². The monoisotopic (exact) mass is 198 g/mol. The summed E-state index contributed by atoms with van der Waals surface area (Å²) in [7, 11) is 0. The molecule has 5 heteroatoms. The van der Waals surface area contributed by atoms with Gasteiger partial charge in [0.1, 0.15) is 5.15 Å². The van der Waals surface area contributed by atoms with Gasteiger partial charge in [0, 0.05) is 5.69 Å². The van der Waals surface area contributed by atoms with Gasteiger partial charge >= 0.3 is 7.69 Å². The van der Waals surface area contributed by atoms with Crippen molar-refractivity contribution in [1.82, 2.24) is 4.98 Å². The summed E-state index contributed by atoms with van der Waals surface area (Å²) in [6.45, 7) is 0. The molecule has 1 heterocycles. The zero-order chi connectivity index (χ0) is 9.68. The van der Waals surface area contributed by atoms with Crippen molar-refractivity contribution in [3.05, 3.63) is 28.5 Å². The Kier molecular flexibility index (Phi) is 4.22. The first-order valence-corrected chi connectivity index (χ1v) is 4.40. The van der Waals surface area contributed by atoms with Crippen LogP contribution < -0.4 is 0 Å². The Labute approximate surface area is 82.7 Å². The number of pyridine rings is 1. The molecule has 0 aliphatic heterocycles. The first-order valence-electron chi connectivity index (χ1n) is 4.02. The lowest BCUT2D eigenvalue weighted by atomic mass is 10.2. The molecular weight excluding hydrogens is 188 g/mol. The highest BCUT2D eigenvalue weighted by Crippen LogP contribution is 2.21. The van der Waals surface area contributed by atoms with Gasteiger partial charge in [-0.1, -0.05) is 17.7 Å². The summed E-state index contributed by atoms with van der Waals surface area (Å²) in [6, 6.07) is 3.95. The molecule has 0 aromatic carbocycles. The van der Waals surface area contributed by atoms with E-state index in [-0.39, 0.29) is 7.69 Å². The Hall–Kier alpha value is -0.575. The Bertz CT molecular complexity index is 283. The van der Waals surface area contributed by atoms with Gasteiger partial charge in [-0.25, -0.2) is 4.98 Å². The summed E-state index contributed by atoms with van der Waals surface area (Å²) in [4.78, 5) is 4.22. The summed E-state index contributed by atoms with van der Waals surface area (Å²) in [5.74, 6) is 0. The fraction of sp³-hybridized carbons (Fsp3) is 0.375. The topological polar surface area (TPSA) is 53.4 Å². The van der Waals surface area contributed by atoms with Crippen LogP contribution in [0.1, 0.15) is 17.7 Å². The molecule has 13 heavy (non-hydrogen) atoms. The molecule has 2 N–H and O–H groups in total. The molecule has 69 valence electrons. The largest absolute Gasteiger partial charge is 0.482 e. The third-order valence-corrected chi connectivity index (χ3v) is 2.10. The van der Waals surface area contributed by atoms with Crippen LogP contribution in [0.3, 0.4) is 0 Å². The van der Waals surface area contributed by atoms with Crippen molar-refractivity contribution in [2.24, 2.45) is 0 Å². The average molecular weight is 198 g/mol. The van der Waals surface area contributed by atoms with Gasteiger partial charge < -0.3 is 10.0 Å². The first-order chi connectivity index (χ1) is 6.27. The minimum atomic E-state index is 0. The lowest BCUT2D eigenvalue weighted by Crippen LogP contribution is -1.86. The molecule has 1 aliphatic carbocycles. The quantitative estimate of drug-likeness (QED) is 0.477. The normalized spacial score (nSPS) is 12.8. The van der Waals surface area contributed by atoms with Gasteiger partial charge in [0.2, 0.25) is 0 Å². The van der Waals surface area contributed by atoms with E-state index in [1.54, 1.807) is 0 Å². The first kappa shape index (κ1) is 10.5. The van der Waals surface area contributed by atoms with Gasteiger partial charge in [-0.05, 0) is 30.9 Å². The fourth-order valence-corrected chi connectivity index (χ4v) is 1.56. The van der Waals surface area contributed by atoms with Gasteiger partial charge in [-0.15, -0.1) is 0 Å². The van der Waals surface area contributed by atoms with E-state index in [0.29, 0.717) is 5.15 Å². The van der Waals surface area contributed by atoms with Crippen molar-refractivity contribution in [2.75, 3.05) is 0 Å². The molecule has 0 spiro atoms. The molecule has 0 amide bonds. The van der Waals surface area contributed by atoms with Gasteiger partial charge in [0.05, 0.1) is 0 Å². The van der Waals surface area contributed by atoms with Crippen LogP contribution in [0.4, 0.5) is 0 Å². The highest BCUT2D eigenvalue weighted by molar-refractivity contribution is 6.29. The number of aryl methyl sites for hydroxylation is 2. The molecule has 0 bridgehead atoms. The Balaban J connectivity index is 0.000000251. The van der Waals surface area contributed by atoms with Crippen molar-refractivity contribution < 1.29 is 10.0 Å². The van der Waals surface area contributed by atoms with Crippen LogP contribution in [0.2, 0.25) is 5.15 Å². The predicted octanol–water partition coefficient (Wildman–Crippen LogP) is 0.729. The molecule has 3 nitrogen and oxygen atoms in total. The second kappa shape index (κ2) is 5.22. The number of hydrogen-bond acceptors (Lipinski definition) is 3. The fourth-order valence-electron chi connectivity index (χ4n) is 1.39. The summed E-state index contributed by atoms with van der Waals surface area (Å²) in [5.41, 5.74) is 2.58. The highest BCUT2D eigenvalue weighted by atomic mass is 35.5. The Morgan fingerprint density at radius 3 is 2.69 bits per heavy atom. The maximum absolute atomic E-state index is 7.00. The van der Waals surface area contributed by atoms with E-state index in [1.807, 2.05) is 6.07 Å². The zero-order valence-corrected chi connectivity index (χ0v) is 7.83. The summed E-state index contributed by atoms with van der Waals surface area (Å²) in [6.07, 6.45) is 3.53. The minimum absolute atomic E-state index is 0. The number of fused-ring (bicyclic) bond motifs is 1. The number of halogens is 1. The molecule has 0 saturated carbocycles. The zero-order valence-electron chi connectivity index (χ0n) is 7.07. The van der Waals surface area contributed by atoms with Crippen LogP contribution in [0, 0.1) is 0 Å². The summed E-state index contributed by atoms with van der Waals surface area (Å²) in [5, 5.41) is 14.6. The lowest BCUT2D eigenvalue weighted by Gasteiger charge is -1.95. The van der Waals surface area contributed by atoms with E-state index < -0.39 is 0 Å². The molecule has 1 aliphatic rings. The summed E-state index contributed by atoms with van der Waals surface area (Å²) >= 11 is 5.71. The molecule has 1 aromatic heterocycles. The molecular formula is C8H10BClNO2. The van der Waals surface area contributed by atoms with Gasteiger partial charge in [0.25, 0.3) is 0 Å². The second-order valence-corrected chi connectivity index (χ2v) is 3.10. The van der Waals surface area contributed by atoms with Gasteiger partial charge in [-0.2, -0.15) is 0 Å². The van der Waals surface area contributed by atoms with Gasteiger partial charge in [-0.3, -0.25) is 0 Å². The second-order valence-electron chi connectivity index (χ2n) is 2.71. The van der Waals surface area contributed by atoms with Crippen LogP contribution in [0.15, 0.2) is 12.1 Å². The van der Waals surface area contributed by atoms with E-state index in [4.69, 9.17) is 21.6 Å².